The number of anilines is 1. The van der Waals surface area contributed by atoms with E-state index in [0.29, 0.717) is 0 Å². The van der Waals surface area contributed by atoms with E-state index in [1.54, 1.807) is 6.07 Å². The molecule has 0 aliphatic heterocycles. The summed E-state index contributed by atoms with van der Waals surface area (Å²) >= 11 is 3.19. The lowest BCUT2D eigenvalue weighted by Crippen LogP contribution is -2.13. The van der Waals surface area contributed by atoms with Crippen LogP contribution in [0.15, 0.2) is 41.0 Å². The SMILES string of the molecule is O=C(Nc1ccc(Br)cn1)c1cc(F)cc([N+](=O)[O-])c1. The predicted molar refractivity (Wildman–Crippen MR) is 72.9 cm³/mol. The molecule has 0 fully saturated rings. The normalized spacial score (nSPS) is 10.1. The van der Waals surface area contributed by atoms with E-state index in [2.05, 4.69) is 26.2 Å². The molecule has 1 aromatic carbocycles. The molecule has 1 aromatic heterocycles. The van der Waals surface area contributed by atoms with Crippen LogP contribution < -0.4 is 5.32 Å². The van der Waals surface area contributed by atoms with Gasteiger partial charge < -0.3 is 5.32 Å². The third kappa shape index (κ3) is 3.35. The molecule has 0 saturated heterocycles. The summed E-state index contributed by atoms with van der Waals surface area (Å²) in [6.07, 6.45) is 1.48. The van der Waals surface area contributed by atoms with Gasteiger partial charge in [-0.15, -0.1) is 0 Å². The van der Waals surface area contributed by atoms with Crippen LogP contribution in [-0.4, -0.2) is 15.8 Å². The van der Waals surface area contributed by atoms with Gasteiger partial charge >= 0.3 is 0 Å². The van der Waals surface area contributed by atoms with Crippen molar-refractivity contribution in [1.82, 2.24) is 4.98 Å². The van der Waals surface area contributed by atoms with Gasteiger partial charge in [0.25, 0.3) is 11.6 Å². The topological polar surface area (TPSA) is 85.1 Å². The molecule has 0 saturated carbocycles. The Kier molecular flexibility index (Phi) is 4.04. The van der Waals surface area contributed by atoms with Gasteiger partial charge in [0.1, 0.15) is 11.6 Å². The lowest BCUT2D eigenvalue weighted by molar-refractivity contribution is -0.385. The molecule has 0 aliphatic carbocycles. The average Bonchev–Trinajstić information content (AvgIpc) is 2.40. The highest BCUT2D eigenvalue weighted by atomic mass is 79.9. The second-order valence-corrected chi connectivity index (χ2v) is 4.69. The van der Waals surface area contributed by atoms with Crippen LogP contribution >= 0.6 is 15.9 Å². The number of amides is 1. The Labute approximate surface area is 120 Å². The number of benzene rings is 1. The molecular formula is C12H7BrFN3O3. The minimum absolute atomic E-state index is 0.151. The van der Waals surface area contributed by atoms with Gasteiger partial charge in [-0.2, -0.15) is 0 Å². The average molecular weight is 340 g/mol. The number of nitrogens with one attached hydrogen (secondary N) is 1. The minimum atomic E-state index is -0.854. The molecule has 0 atom stereocenters. The molecule has 2 aromatic rings. The molecule has 6 nitrogen and oxygen atoms in total. The first kappa shape index (κ1) is 14.1. The summed E-state index contributed by atoms with van der Waals surface area (Å²) in [6, 6.07) is 5.86. The van der Waals surface area contributed by atoms with Gasteiger partial charge in [0.05, 0.1) is 11.0 Å². The molecule has 0 radical (unpaired) electrons. The van der Waals surface area contributed by atoms with Crippen LogP contribution in [0.2, 0.25) is 0 Å². The Morgan fingerprint density at radius 2 is 2.10 bits per heavy atom. The number of non-ortho nitro benzene ring substituents is 1. The molecule has 2 rings (SSSR count). The lowest BCUT2D eigenvalue weighted by Gasteiger charge is -2.04. The first-order chi connectivity index (χ1) is 9.45. The summed E-state index contributed by atoms with van der Waals surface area (Å²) in [4.78, 5) is 25.6. The predicted octanol–water partition coefficient (Wildman–Crippen LogP) is 3.14. The van der Waals surface area contributed by atoms with Crippen molar-refractivity contribution in [2.75, 3.05) is 5.32 Å². The third-order valence-corrected chi connectivity index (χ3v) is 2.79. The van der Waals surface area contributed by atoms with Crippen molar-refractivity contribution in [2.24, 2.45) is 0 Å². The molecule has 20 heavy (non-hydrogen) atoms. The summed E-state index contributed by atoms with van der Waals surface area (Å²) in [5, 5.41) is 13.0. The Bertz CT molecular complexity index is 676. The number of rotatable bonds is 3. The fourth-order valence-corrected chi connectivity index (χ4v) is 1.68. The van der Waals surface area contributed by atoms with E-state index in [-0.39, 0.29) is 11.4 Å². The number of carbonyl (C=O) groups excluding carboxylic acids is 1. The molecule has 0 spiro atoms. The number of hydrogen-bond acceptors (Lipinski definition) is 4. The number of aromatic nitrogens is 1. The summed E-state index contributed by atoms with van der Waals surface area (Å²) < 4.78 is 14.0. The summed E-state index contributed by atoms with van der Waals surface area (Å²) in [5.74, 6) is -1.28. The number of nitro groups is 1. The van der Waals surface area contributed by atoms with Gasteiger partial charge in [0.15, 0.2) is 0 Å². The molecule has 1 N–H and O–H groups in total. The first-order valence-corrected chi connectivity index (χ1v) is 6.13. The highest BCUT2D eigenvalue weighted by molar-refractivity contribution is 9.10. The van der Waals surface area contributed by atoms with Crippen LogP contribution in [0.3, 0.4) is 0 Å². The quantitative estimate of drug-likeness (QED) is 0.687. The Balaban J connectivity index is 2.25. The van der Waals surface area contributed by atoms with Crippen molar-refractivity contribution in [3.8, 4) is 0 Å². The number of nitrogens with zero attached hydrogens (tertiary/aromatic N) is 2. The molecule has 8 heteroatoms. The molecule has 0 unspecified atom stereocenters. The zero-order valence-corrected chi connectivity index (χ0v) is 11.4. The number of nitro benzene ring substituents is 1. The Morgan fingerprint density at radius 3 is 2.70 bits per heavy atom. The van der Waals surface area contributed by atoms with Crippen LogP contribution in [0.1, 0.15) is 10.4 Å². The monoisotopic (exact) mass is 339 g/mol. The van der Waals surface area contributed by atoms with Gasteiger partial charge in [-0.1, -0.05) is 0 Å². The minimum Gasteiger partial charge on any atom is -0.307 e. The van der Waals surface area contributed by atoms with E-state index in [1.165, 1.54) is 12.3 Å². The summed E-state index contributed by atoms with van der Waals surface area (Å²) in [6.45, 7) is 0. The van der Waals surface area contributed by atoms with E-state index in [4.69, 9.17) is 0 Å². The van der Waals surface area contributed by atoms with Crippen LogP contribution in [0, 0.1) is 15.9 Å². The van der Waals surface area contributed by atoms with E-state index >= 15 is 0 Å². The maximum Gasteiger partial charge on any atom is 0.273 e. The largest absolute Gasteiger partial charge is 0.307 e. The third-order valence-electron chi connectivity index (χ3n) is 2.32. The van der Waals surface area contributed by atoms with Crippen LogP contribution in [0.25, 0.3) is 0 Å². The maximum absolute atomic E-state index is 13.2. The summed E-state index contributed by atoms with van der Waals surface area (Å²) in [5.41, 5.74) is -0.639. The van der Waals surface area contributed by atoms with E-state index in [1.807, 2.05) is 0 Å². The zero-order chi connectivity index (χ0) is 14.7. The molecule has 1 amide bonds. The van der Waals surface area contributed by atoms with E-state index in [0.717, 1.165) is 22.7 Å². The highest BCUT2D eigenvalue weighted by Crippen LogP contribution is 2.18. The smallest absolute Gasteiger partial charge is 0.273 e. The fourth-order valence-electron chi connectivity index (χ4n) is 1.45. The molecule has 0 aliphatic rings. The Hall–Kier alpha value is -2.35. The highest BCUT2D eigenvalue weighted by Gasteiger charge is 2.15. The second kappa shape index (κ2) is 5.74. The first-order valence-electron chi connectivity index (χ1n) is 5.33. The molecule has 102 valence electrons. The number of hydrogen-bond donors (Lipinski definition) is 1. The van der Waals surface area contributed by atoms with Gasteiger partial charge in [-0.3, -0.25) is 14.9 Å². The zero-order valence-electron chi connectivity index (χ0n) is 9.84. The molecular weight excluding hydrogens is 333 g/mol. The fraction of sp³-hybridized carbons (Fsp3) is 0. The van der Waals surface area contributed by atoms with Gasteiger partial charge in [-0.25, -0.2) is 9.37 Å². The van der Waals surface area contributed by atoms with Crippen LogP contribution in [0.5, 0.6) is 0 Å². The van der Waals surface area contributed by atoms with Crippen molar-refractivity contribution in [3.05, 3.63) is 62.5 Å². The van der Waals surface area contributed by atoms with Crippen molar-refractivity contribution >= 4 is 33.3 Å². The summed E-state index contributed by atoms with van der Waals surface area (Å²) in [7, 11) is 0. The standard InChI is InChI=1S/C12H7BrFN3O3/c13-8-1-2-11(15-6-8)16-12(18)7-3-9(14)5-10(4-7)17(19)20/h1-6H,(H,15,16,18). The van der Waals surface area contributed by atoms with Gasteiger partial charge in [0, 0.05) is 22.3 Å². The van der Waals surface area contributed by atoms with Crippen LogP contribution in [0.4, 0.5) is 15.9 Å². The Morgan fingerprint density at radius 1 is 1.35 bits per heavy atom. The lowest BCUT2D eigenvalue weighted by atomic mass is 10.2. The van der Waals surface area contributed by atoms with E-state index in [9.17, 15) is 19.3 Å². The molecule has 0 bridgehead atoms. The van der Waals surface area contributed by atoms with Gasteiger partial charge in [-0.05, 0) is 34.1 Å². The number of halogens is 2. The van der Waals surface area contributed by atoms with Crippen molar-refractivity contribution < 1.29 is 14.1 Å². The molecule has 1 heterocycles. The maximum atomic E-state index is 13.2. The number of carbonyl (C=O) groups is 1. The van der Waals surface area contributed by atoms with Gasteiger partial charge in [0.2, 0.25) is 0 Å². The van der Waals surface area contributed by atoms with Crippen molar-refractivity contribution in [3.63, 3.8) is 0 Å². The van der Waals surface area contributed by atoms with Crippen molar-refractivity contribution in [1.29, 1.82) is 0 Å². The van der Waals surface area contributed by atoms with Crippen LogP contribution in [-0.2, 0) is 0 Å². The number of pyridine rings is 1. The van der Waals surface area contributed by atoms with E-state index < -0.39 is 22.3 Å². The second-order valence-electron chi connectivity index (χ2n) is 3.77. The van der Waals surface area contributed by atoms with Crippen molar-refractivity contribution in [2.45, 2.75) is 0 Å².